The highest BCUT2D eigenvalue weighted by atomic mass is 35.5. The molecule has 4 rings (SSSR count). The number of halogens is 1. The van der Waals surface area contributed by atoms with Crippen LogP contribution in [0.3, 0.4) is 0 Å². The molecule has 1 fully saturated rings. The third-order valence-electron chi connectivity index (χ3n) is 4.90. The van der Waals surface area contributed by atoms with Crippen molar-refractivity contribution in [2.75, 3.05) is 20.3 Å². The van der Waals surface area contributed by atoms with Crippen molar-refractivity contribution in [2.45, 2.75) is 18.9 Å². The maximum absolute atomic E-state index is 12.4. The Kier molecular flexibility index (Phi) is 5.09. The molecule has 0 bridgehead atoms. The lowest BCUT2D eigenvalue weighted by atomic mass is 9.88. The fourth-order valence-electron chi connectivity index (χ4n) is 3.53. The number of carbonyl (C=O) groups excluding carboxylic acids is 1. The number of hydrazine groups is 1. The SMILES string of the molecule is COc1cc(CC2CC(c3ccc(Cl)cc3)NNC2=O)cc2c1OCCO2. The Hall–Kier alpha value is -2.44. The first-order valence-electron chi connectivity index (χ1n) is 8.91. The van der Waals surface area contributed by atoms with Crippen LogP contribution in [0.15, 0.2) is 36.4 Å². The van der Waals surface area contributed by atoms with Gasteiger partial charge >= 0.3 is 0 Å². The Bertz CT molecular complexity index is 823. The van der Waals surface area contributed by atoms with E-state index in [9.17, 15) is 4.79 Å². The Morgan fingerprint density at radius 2 is 1.96 bits per heavy atom. The maximum atomic E-state index is 12.4. The zero-order chi connectivity index (χ0) is 18.8. The van der Waals surface area contributed by atoms with Crippen molar-refractivity contribution in [1.82, 2.24) is 10.9 Å². The minimum absolute atomic E-state index is 0.0194. The molecule has 27 heavy (non-hydrogen) atoms. The molecule has 0 radical (unpaired) electrons. The molecule has 2 aromatic carbocycles. The van der Waals surface area contributed by atoms with Crippen LogP contribution >= 0.6 is 11.6 Å². The lowest BCUT2D eigenvalue weighted by Gasteiger charge is -2.31. The molecule has 2 atom stereocenters. The van der Waals surface area contributed by atoms with Gasteiger partial charge in [0.25, 0.3) is 0 Å². The summed E-state index contributed by atoms with van der Waals surface area (Å²) in [5.41, 5.74) is 7.95. The normalized spacial score (nSPS) is 21.5. The lowest BCUT2D eigenvalue weighted by Crippen LogP contribution is -2.49. The van der Waals surface area contributed by atoms with Crippen LogP contribution in [0.4, 0.5) is 0 Å². The highest BCUT2D eigenvalue weighted by Crippen LogP contribution is 2.41. The van der Waals surface area contributed by atoms with Gasteiger partial charge in [0.1, 0.15) is 13.2 Å². The van der Waals surface area contributed by atoms with E-state index in [1.165, 1.54) is 0 Å². The number of ether oxygens (including phenoxy) is 3. The fraction of sp³-hybridized carbons (Fsp3) is 0.350. The largest absolute Gasteiger partial charge is 0.493 e. The number of carbonyl (C=O) groups is 1. The Morgan fingerprint density at radius 3 is 2.74 bits per heavy atom. The monoisotopic (exact) mass is 388 g/mol. The Morgan fingerprint density at radius 1 is 1.19 bits per heavy atom. The summed E-state index contributed by atoms with van der Waals surface area (Å²) in [6.07, 6.45) is 1.27. The van der Waals surface area contributed by atoms with Crippen LogP contribution in [-0.2, 0) is 11.2 Å². The molecule has 0 aromatic heterocycles. The number of rotatable bonds is 4. The number of hydrogen-bond acceptors (Lipinski definition) is 5. The van der Waals surface area contributed by atoms with Crippen LogP contribution < -0.4 is 25.1 Å². The van der Waals surface area contributed by atoms with Gasteiger partial charge in [0.15, 0.2) is 11.5 Å². The van der Waals surface area contributed by atoms with E-state index >= 15 is 0 Å². The van der Waals surface area contributed by atoms with Crippen LogP contribution in [0.1, 0.15) is 23.6 Å². The van der Waals surface area contributed by atoms with Crippen molar-refractivity contribution in [3.8, 4) is 17.2 Å². The van der Waals surface area contributed by atoms with Gasteiger partial charge in [-0.15, -0.1) is 0 Å². The summed E-state index contributed by atoms with van der Waals surface area (Å²) in [7, 11) is 1.60. The molecule has 1 amide bonds. The number of methoxy groups -OCH3 is 1. The number of fused-ring (bicyclic) bond motifs is 1. The molecule has 2 aliphatic heterocycles. The summed E-state index contributed by atoms with van der Waals surface area (Å²) in [4.78, 5) is 12.4. The second-order valence-electron chi connectivity index (χ2n) is 6.70. The minimum Gasteiger partial charge on any atom is -0.493 e. The van der Waals surface area contributed by atoms with E-state index in [1.807, 2.05) is 36.4 Å². The third-order valence-corrected chi connectivity index (χ3v) is 5.15. The smallest absolute Gasteiger partial charge is 0.237 e. The Balaban J connectivity index is 1.54. The van der Waals surface area contributed by atoms with Crippen molar-refractivity contribution in [2.24, 2.45) is 5.92 Å². The van der Waals surface area contributed by atoms with E-state index in [-0.39, 0.29) is 17.9 Å². The van der Waals surface area contributed by atoms with Crippen molar-refractivity contribution < 1.29 is 19.0 Å². The van der Waals surface area contributed by atoms with Crippen molar-refractivity contribution in [3.05, 3.63) is 52.5 Å². The maximum Gasteiger partial charge on any atom is 0.237 e. The average Bonchev–Trinajstić information content (AvgIpc) is 2.69. The molecule has 1 saturated heterocycles. The van der Waals surface area contributed by atoms with E-state index in [0.717, 1.165) is 11.1 Å². The Labute approximate surface area is 162 Å². The van der Waals surface area contributed by atoms with E-state index in [0.29, 0.717) is 48.3 Å². The van der Waals surface area contributed by atoms with Gasteiger partial charge in [-0.3, -0.25) is 10.2 Å². The van der Waals surface area contributed by atoms with Gasteiger partial charge in [0, 0.05) is 10.9 Å². The molecule has 2 aliphatic rings. The van der Waals surface area contributed by atoms with Gasteiger partial charge in [-0.05, 0) is 48.2 Å². The molecule has 0 spiro atoms. The zero-order valence-electron chi connectivity index (χ0n) is 15.0. The molecule has 2 unspecified atom stereocenters. The number of nitrogens with one attached hydrogen (secondary N) is 2. The highest BCUT2D eigenvalue weighted by molar-refractivity contribution is 6.30. The standard InChI is InChI=1S/C20H21ClN2O4/c1-25-17-9-12(10-18-19(17)27-7-6-26-18)8-14-11-16(22-23-20(14)24)13-2-4-15(21)5-3-13/h2-5,9-10,14,16,22H,6-8,11H2,1H3,(H,23,24). The van der Waals surface area contributed by atoms with Crippen LogP contribution in [0, 0.1) is 5.92 Å². The first kappa shape index (κ1) is 17.9. The second-order valence-corrected chi connectivity index (χ2v) is 7.13. The molecular formula is C20H21ClN2O4. The molecule has 142 valence electrons. The second kappa shape index (κ2) is 7.66. The van der Waals surface area contributed by atoms with E-state index < -0.39 is 0 Å². The van der Waals surface area contributed by atoms with E-state index in [1.54, 1.807) is 7.11 Å². The van der Waals surface area contributed by atoms with E-state index in [2.05, 4.69) is 10.9 Å². The third kappa shape index (κ3) is 3.82. The molecule has 2 aromatic rings. The molecule has 2 N–H and O–H groups in total. The first-order valence-corrected chi connectivity index (χ1v) is 9.29. The summed E-state index contributed by atoms with van der Waals surface area (Å²) < 4.78 is 16.8. The number of benzene rings is 2. The predicted octanol–water partition coefficient (Wildman–Crippen LogP) is 3.04. The van der Waals surface area contributed by atoms with Gasteiger partial charge in [0.2, 0.25) is 11.7 Å². The van der Waals surface area contributed by atoms with Crippen LogP contribution in [0.2, 0.25) is 5.02 Å². The quantitative estimate of drug-likeness (QED) is 0.842. The average molecular weight is 389 g/mol. The molecule has 2 heterocycles. The number of amides is 1. The summed E-state index contributed by atoms with van der Waals surface area (Å²) >= 11 is 5.97. The minimum atomic E-state index is -0.167. The van der Waals surface area contributed by atoms with Gasteiger partial charge < -0.3 is 14.2 Å². The van der Waals surface area contributed by atoms with Crippen molar-refractivity contribution >= 4 is 17.5 Å². The number of hydrogen-bond donors (Lipinski definition) is 2. The summed E-state index contributed by atoms with van der Waals surface area (Å²) in [5, 5.41) is 0.693. The van der Waals surface area contributed by atoms with Gasteiger partial charge in [-0.25, -0.2) is 5.43 Å². The highest BCUT2D eigenvalue weighted by Gasteiger charge is 2.30. The van der Waals surface area contributed by atoms with Gasteiger partial charge in [-0.1, -0.05) is 23.7 Å². The summed E-state index contributed by atoms with van der Waals surface area (Å²) in [5.74, 6) is 1.74. The lowest BCUT2D eigenvalue weighted by molar-refractivity contribution is -0.128. The van der Waals surface area contributed by atoms with Crippen LogP contribution in [0.5, 0.6) is 17.2 Å². The molecule has 0 aliphatic carbocycles. The van der Waals surface area contributed by atoms with Gasteiger partial charge in [0.05, 0.1) is 13.2 Å². The van der Waals surface area contributed by atoms with Crippen LogP contribution in [-0.4, -0.2) is 26.2 Å². The van der Waals surface area contributed by atoms with Crippen LogP contribution in [0.25, 0.3) is 0 Å². The zero-order valence-corrected chi connectivity index (χ0v) is 15.7. The van der Waals surface area contributed by atoms with Crippen molar-refractivity contribution in [1.29, 1.82) is 0 Å². The van der Waals surface area contributed by atoms with Crippen molar-refractivity contribution in [3.63, 3.8) is 0 Å². The molecule has 0 saturated carbocycles. The fourth-order valence-corrected chi connectivity index (χ4v) is 3.66. The first-order chi connectivity index (χ1) is 13.1. The molecule has 7 heteroatoms. The topological polar surface area (TPSA) is 68.8 Å². The molecule has 6 nitrogen and oxygen atoms in total. The summed E-state index contributed by atoms with van der Waals surface area (Å²) in [6.45, 7) is 1.01. The summed E-state index contributed by atoms with van der Waals surface area (Å²) in [6, 6.07) is 11.5. The van der Waals surface area contributed by atoms with E-state index in [4.69, 9.17) is 25.8 Å². The predicted molar refractivity (Wildman–Crippen MR) is 101 cm³/mol. The van der Waals surface area contributed by atoms with Gasteiger partial charge in [-0.2, -0.15) is 0 Å². The molecular weight excluding hydrogens is 368 g/mol.